The highest BCUT2D eigenvalue weighted by Gasteiger charge is 2.24. The van der Waals surface area contributed by atoms with Gasteiger partial charge in [-0.25, -0.2) is 9.13 Å². The Bertz CT molecular complexity index is 2270. The van der Waals surface area contributed by atoms with Crippen LogP contribution in [0.15, 0.2) is 79.1 Å². The lowest BCUT2D eigenvalue weighted by Crippen LogP contribution is -2.33. The van der Waals surface area contributed by atoms with E-state index < -0.39 is 0 Å². The van der Waals surface area contributed by atoms with Crippen molar-refractivity contribution in [2.24, 2.45) is 14.1 Å². The van der Waals surface area contributed by atoms with E-state index in [0.717, 1.165) is 67.1 Å². The van der Waals surface area contributed by atoms with E-state index in [2.05, 4.69) is 46.6 Å². The third-order valence-electron chi connectivity index (χ3n) is 9.26. The second kappa shape index (κ2) is 12.3. The maximum absolute atomic E-state index is 6.77. The summed E-state index contributed by atoms with van der Waals surface area (Å²) in [7, 11) is 8.98. The van der Waals surface area contributed by atoms with Crippen molar-refractivity contribution in [1.82, 2.24) is 0 Å². The van der Waals surface area contributed by atoms with E-state index >= 15 is 0 Å². The molecule has 10 heteroatoms. The van der Waals surface area contributed by atoms with Crippen molar-refractivity contribution < 1.29 is 47.0 Å². The van der Waals surface area contributed by atoms with Crippen LogP contribution >= 0.6 is 0 Å². The van der Waals surface area contributed by atoms with Crippen molar-refractivity contribution in [3.63, 3.8) is 0 Å². The average Bonchev–Trinajstić information content (AvgIpc) is 3.78. The van der Waals surface area contributed by atoms with E-state index in [-0.39, 0.29) is 13.6 Å². The van der Waals surface area contributed by atoms with Gasteiger partial charge in [-0.1, -0.05) is 6.07 Å². The predicted octanol–water partition coefficient (Wildman–Crippen LogP) is 6.10. The minimum atomic E-state index is 0.214. The molecule has 10 nitrogen and oxygen atoms in total. The third-order valence-corrected chi connectivity index (χ3v) is 9.26. The van der Waals surface area contributed by atoms with Crippen molar-refractivity contribution in [3.8, 4) is 51.7 Å². The van der Waals surface area contributed by atoms with Gasteiger partial charge in [0.25, 0.3) is 0 Å². The van der Waals surface area contributed by atoms with E-state index in [4.69, 9.17) is 37.9 Å². The van der Waals surface area contributed by atoms with Gasteiger partial charge in [-0.05, 0) is 58.8 Å². The minimum absolute atomic E-state index is 0.214. The first-order valence-corrected chi connectivity index (χ1v) is 15.9. The Morgan fingerprint density at radius 3 is 1.63 bits per heavy atom. The lowest BCUT2D eigenvalue weighted by atomic mass is 10.0. The summed E-state index contributed by atoms with van der Waals surface area (Å²) in [4.78, 5) is 0. The maximum atomic E-state index is 6.77. The van der Waals surface area contributed by atoms with Crippen LogP contribution in [-0.2, 0) is 26.9 Å². The monoisotopic (exact) mass is 660 g/mol. The average molecular weight is 661 g/mol. The van der Waals surface area contributed by atoms with E-state index in [0.29, 0.717) is 41.6 Å². The fourth-order valence-corrected chi connectivity index (χ4v) is 6.61. The molecule has 49 heavy (non-hydrogen) atoms. The molecule has 0 saturated carbocycles. The van der Waals surface area contributed by atoms with E-state index in [1.54, 1.807) is 21.3 Å². The van der Waals surface area contributed by atoms with Crippen LogP contribution in [0, 0.1) is 0 Å². The first-order valence-electron chi connectivity index (χ1n) is 15.9. The number of hydrogen-bond acceptors (Lipinski definition) is 8. The number of methoxy groups -OCH3 is 3. The molecule has 2 aromatic heterocycles. The molecule has 0 fully saturated rings. The summed E-state index contributed by atoms with van der Waals surface area (Å²) in [6.07, 6.45) is 5.30. The van der Waals surface area contributed by atoms with Crippen LogP contribution in [0.1, 0.15) is 22.5 Å². The van der Waals surface area contributed by atoms with Gasteiger partial charge < -0.3 is 37.9 Å². The number of ether oxygens (including phenoxy) is 8. The van der Waals surface area contributed by atoms with E-state index in [1.165, 1.54) is 0 Å². The number of hydrogen-bond donors (Lipinski definition) is 0. The molecular formula is C39H36N2O8+2. The lowest BCUT2D eigenvalue weighted by Gasteiger charge is -2.18. The first kappa shape index (κ1) is 30.4. The van der Waals surface area contributed by atoms with Crippen molar-refractivity contribution >= 4 is 21.5 Å². The zero-order valence-corrected chi connectivity index (χ0v) is 28.0. The lowest BCUT2D eigenvalue weighted by molar-refractivity contribution is -0.677. The van der Waals surface area contributed by atoms with Gasteiger partial charge >= 0.3 is 0 Å². The topological polar surface area (TPSA) is 81.6 Å². The molecule has 4 aromatic carbocycles. The molecule has 0 saturated heterocycles. The Kier molecular flexibility index (Phi) is 7.63. The molecule has 0 spiro atoms. The van der Waals surface area contributed by atoms with Gasteiger partial charge in [0.2, 0.25) is 13.6 Å². The highest BCUT2D eigenvalue weighted by Crippen LogP contribution is 2.43. The zero-order chi connectivity index (χ0) is 33.6. The summed E-state index contributed by atoms with van der Waals surface area (Å²) < 4.78 is 51.0. The molecule has 0 bridgehead atoms. The van der Waals surface area contributed by atoms with Crippen LogP contribution in [0.3, 0.4) is 0 Å². The quantitative estimate of drug-likeness (QED) is 0.172. The number of rotatable bonds is 9. The molecular weight excluding hydrogens is 624 g/mol. The summed E-state index contributed by atoms with van der Waals surface area (Å²) in [6, 6.07) is 22.2. The third kappa shape index (κ3) is 5.48. The van der Waals surface area contributed by atoms with Gasteiger partial charge in [0.1, 0.15) is 19.8 Å². The molecule has 6 aromatic rings. The first-order chi connectivity index (χ1) is 23.9. The summed E-state index contributed by atoms with van der Waals surface area (Å²) in [5.41, 5.74) is 4.15. The second-order valence-corrected chi connectivity index (χ2v) is 12.1. The molecule has 0 aliphatic carbocycles. The smallest absolute Gasteiger partial charge is 0.231 e. The van der Waals surface area contributed by atoms with E-state index in [1.807, 2.05) is 55.7 Å². The van der Waals surface area contributed by atoms with Crippen LogP contribution in [0.2, 0.25) is 0 Å². The highest BCUT2D eigenvalue weighted by molar-refractivity contribution is 5.88. The highest BCUT2D eigenvalue weighted by atomic mass is 16.7. The van der Waals surface area contributed by atoms with Gasteiger partial charge in [-0.3, -0.25) is 0 Å². The summed E-state index contributed by atoms with van der Waals surface area (Å²) in [6.45, 7) is 0.445. The summed E-state index contributed by atoms with van der Waals surface area (Å²) in [5, 5.41) is 4.30. The Morgan fingerprint density at radius 2 is 1.06 bits per heavy atom. The van der Waals surface area contributed by atoms with Crippen LogP contribution in [0.5, 0.6) is 51.7 Å². The van der Waals surface area contributed by atoms with Gasteiger partial charge in [-0.2, -0.15) is 0 Å². The molecule has 248 valence electrons. The molecule has 8 rings (SSSR count). The van der Waals surface area contributed by atoms with Gasteiger partial charge in [0, 0.05) is 23.8 Å². The van der Waals surface area contributed by atoms with Crippen molar-refractivity contribution in [3.05, 3.63) is 102 Å². The molecule has 0 N–H and O–H groups in total. The molecule has 0 atom stereocenters. The van der Waals surface area contributed by atoms with Crippen LogP contribution < -0.4 is 47.0 Å². The number of pyridine rings is 2. The molecule has 0 unspecified atom stereocenters. The normalized spacial score (nSPS) is 12.8. The molecule has 0 amide bonds. The van der Waals surface area contributed by atoms with E-state index in [9.17, 15) is 0 Å². The number of aromatic nitrogens is 2. The molecule has 2 aliphatic rings. The second-order valence-electron chi connectivity index (χ2n) is 12.1. The van der Waals surface area contributed by atoms with Crippen molar-refractivity contribution in [2.45, 2.75) is 12.8 Å². The van der Waals surface area contributed by atoms with Gasteiger partial charge in [0.05, 0.1) is 44.9 Å². The van der Waals surface area contributed by atoms with Crippen LogP contribution in [-0.4, -0.2) is 34.9 Å². The van der Waals surface area contributed by atoms with Crippen molar-refractivity contribution in [1.29, 1.82) is 0 Å². The van der Waals surface area contributed by atoms with Gasteiger partial charge in [0.15, 0.2) is 69.8 Å². The molecule has 4 heterocycles. The summed E-state index contributed by atoms with van der Waals surface area (Å²) in [5.74, 6) is 5.98. The number of nitrogens with zero attached hydrogens (tertiary/aromatic N) is 2. The Balaban J connectivity index is 1.19. The number of benzene rings is 4. The number of aryl methyl sites for hydroxylation is 2. The fraction of sp³-hybridized carbons (Fsp3) is 0.231. The summed E-state index contributed by atoms with van der Waals surface area (Å²) >= 11 is 0. The zero-order valence-electron chi connectivity index (χ0n) is 28.0. The fourth-order valence-electron chi connectivity index (χ4n) is 6.61. The van der Waals surface area contributed by atoms with Gasteiger partial charge in [-0.15, -0.1) is 0 Å². The van der Waals surface area contributed by atoms with Crippen LogP contribution in [0.25, 0.3) is 21.5 Å². The standard InChI is InChI=1S/C39H36N2O8/c1-40-10-8-24-15-35-37(47-21-45-35)18-27(24)29(40)12-23-6-7-31(42-3)39(13-23)49-32-20-34(44-5)33(43-4)17-26(32)14-30-28-19-38-36(46-22-48-38)16-25(28)9-11-41(30)2/h6-11,13,15-20H,12,14,21-22H2,1-5H3/q+2. The Labute approximate surface area is 283 Å². The Morgan fingerprint density at radius 1 is 0.531 bits per heavy atom. The predicted molar refractivity (Wildman–Crippen MR) is 181 cm³/mol. The largest absolute Gasteiger partial charge is 0.493 e. The molecule has 2 aliphatic heterocycles. The molecule has 0 radical (unpaired) electrons. The van der Waals surface area contributed by atoms with Crippen LogP contribution in [0.4, 0.5) is 0 Å². The minimum Gasteiger partial charge on any atom is -0.493 e. The maximum Gasteiger partial charge on any atom is 0.231 e. The van der Waals surface area contributed by atoms with Crippen molar-refractivity contribution in [2.75, 3.05) is 34.9 Å². The SMILES string of the molecule is COc1cc(Cc2c3cc4c(cc3cc[n+]2C)OCO4)c(Oc2cc(Cc3c4cc5c(cc4cc[n+]3C)OCO5)ccc2OC)cc1OC. The number of fused-ring (bicyclic) bond motifs is 4. The Hall–Kier alpha value is -5.90.